The van der Waals surface area contributed by atoms with Crippen LogP contribution in [0.5, 0.6) is 11.5 Å². The van der Waals surface area contributed by atoms with Crippen LogP contribution in [0.2, 0.25) is 0 Å². The number of carbonyl (C=O) groups excluding carboxylic acids is 1. The minimum absolute atomic E-state index is 0. The van der Waals surface area contributed by atoms with E-state index in [1.807, 2.05) is 0 Å². The average Bonchev–Trinajstić information content (AvgIpc) is 3.08. The minimum atomic E-state index is -4.63. The first-order valence-electron chi connectivity index (χ1n) is 8.02. The molecule has 162 valence electrons. The molecule has 0 radical (unpaired) electrons. The number of carbonyl (C=O) groups is 1. The Morgan fingerprint density at radius 3 is 2.40 bits per heavy atom. The fourth-order valence-corrected chi connectivity index (χ4v) is 2.56. The molecule has 3 aromatic rings. The monoisotopic (exact) mass is 463 g/mol. The molecule has 0 bridgehead atoms. The Morgan fingerprint density at radius 2 is 1.80 bits per heavy atom. The highest BCUT2D eigenvalue weighted by atomic mass is 35.5. The predicted molar refractivity (Wildman–Crippen MR) is 114 cm³/mol. The van der Waals surface area contributed by atoms with E-state index in [0.717, 1.165) is 18.2 Å². The first-order chi connectivity index (χ1) is 13.2. The van der Waals surface area contributed by atoms with E-state index in [-0.39, 0.29) is 58.9 Å². The first-order valence-corrected chi connectivity index (χ1v) is 8.02. The van der Waals surface area contributed by atoms with E-state index in [0.29, 0.717) is 5.69 Å². The van der Waals surface area contributed by atoms with Crippen LogP contribution >= 0.6 is 24.8 Å². The van der Waals surface area contributed by atoms with Gasteiger partial charge in [-0.05, 0) is 30.3 Å². The topological polar surface area (TPSA) is 119 Å². The number of aliphatic imine (C=N–C) groups is 1. The number of rotatable bonds is 3. The summed E-state index contributed by atoms with van der Waals surface area (Å²) >= 11 is 0. The van der Waals surface area contributed by atoms with Crippen LogP contribution in [0.1, 0.15) is 16.1 Å². The maximum absolute atomic E-state index is 13.4. The molecule has 0 atom stereocenters. The van der Waals surface area contributed by atoms with Gasteiger partial charge in [-0.1, -0.05) is 12.1 Å². The van der Waals surface area contributed by atoms with Gasteiger partial charge in [0.15, 0.2) is 11.7 Å². The summed E-state index contributed by atoms with van der Waals surface area (Å²) in [6.07, 6.45) is -4.63. The molecule has 0 unspecified atom stereocenters. The molecule has 1 amide bonds. The van der Waals surface area contributed by atoms with Crippen LogP contribution in [-0.4, -0.2) is 23.9 Å². The van der Waals surface area contributed by atoms with Crippen molar-refractivity contribution in [3.63, 3.8) is 0 Å². The van der Waals surface area contributed by atoms with Crippen LogP contribution in [0.4, 0.5) is 18.9 Å². The van der Waals surface area contributed by atoms with Gasteiger partial charge in [0.2, 0.25) is 0 Å². The molecule has 30 heavy (non-hydrogen) atoms. The van der Waals surface area contributed by atoms with Crippen LogP contribution in [0, 0.1) is 0 Å². The SMILES string of the molecule is CNC(N)=NC(=O)c1cc2c(C(F)(F)F)ccc(Oc3ccccc3N)c2[nH]1.Cl.Cl. The Morgan fingerprint density at radius 1 is 1.13 bits per heavy atom. The number of amides is 1. The van der Waals surface area contributed by atoms with Crippen molar-refractivity contribution in [2.45, 2.75) is 6.18 Å². The zero-order valence-corrected chi connectivity index (χ0v) is 17.0. The summed E-state index contributed by atoms with van der Waals surface area (Å²) in [6, 6.07) is 9.64. The highest BCUT2D eigenvalue weighted by molar-refractivity contribution is 6.05. The number of nitrogens with zero attached hydrogens (tertiary/aromatic N) is 1. The quantitative estimate of drug-likeness (QED) is 0.265. The molecular weight excluding hydrogens is 446 g/mol. The van der Waals surface area contributed by atoms with E-state index in [1.54, 1.807) is 24.3 Å². The Bertz CT molecular complexity index is 1080. The maximum atomic E-state index is 13.4. The van der Waals surface area contributed by atoms with Crippen molar-refractivity contribution in [1.29, 1.82) is 0 Å². The number of hydrogen-bond donors (Lipinski definition) is 4. The van der Waals surface area contributed by atoms with Gasteiger partial charge in [0.1, 0.15) is 11.4 Å². The molecule has 1 aromatic heterocycles. The lowest BCUT2D eigenvalue weighted by Gasteiger charge is -2.12. The molecule has 0 saturated carbocycles. The number of nitrogens with two attached hydrogens (primary N) is 2. The van der Waals surface area contributed by atoms with E-state index < -0.39 is 17.6 Å². The van der Waals surface area contributed by atoms with Crippen LogP contribution < -0.4 is 21.5 Å². The molecule has 3 rings (SSSR count). The second-order valence-corrected chi connectivity index (χ2v) is 5.77. The number of H-pyrrole nitrogens is 1. The van der Waals surface area contributed by atoms with Gasteiger partial charge in [0, 0.05) is 12.4 Å². The fraction of sp³-hybridized carbons (Fsp3) is 0.111. The Labute approximate surface area is 181 Å². The van der Waals surface area contributed by atoms with Crippen molar-refractivity contribution in [2.24, 2.45) is 10.7 Å². The van der Waals surface area contributed by atoms with E-state index >= 15 is 0 Å². The average molecular weight is 464 g/mol. The number of anilines is 1. The van der Waals surface area contributed by atoms with Gasteiger partial charge in [-0.2, -0.15) is 18.2 Å². The summed E-state index contributed by atoms with van der Waals surface area (Å²) in [4.78, 5) is 18.4. The minimum Gasteiger partial charge on any atom is -0.453 e. The summed E-state index contributed by atoms with van der Waals surface area (Å²) in [5.41, 5.74) is 10.5. The molecule has 0 saturated heterocycles. The van der Waals surface area contributed by atoms with Crippen LogP contribution in [0.3, 0.4) is 0 Å². The van der Waals surface area contributed by atoms with Crippen LogP contribution in [0.25, 0.3) is 10.9 Å². The number of para-hydroxylation sites is 2. The summed E-state index contributed by atoms with van der Waals surface area (Å²) in [7, 11) is 1.45. The number of nitrogens with one attached hydrogen (secondary N) is 2. The number of benzene rings is 2. The first kappa shape index (κ1) is 24.9. The molecule has 0 fully saturated rings. The highest BCUT2D eigenvalue weighted by Crippen LogP contribution is 2.40. The van der Waals surface area contributed by atoms with Crippen molar-refractivity contribution in [1.82, 2.24) is 10.3 Å². The van der Waals surface area contributed by atoms with Crippen LogP contribution in [0.15, 0.2) is 47.5 Å². The Balaban J connectivity index is 0.00000225. The standard InChI is InChI=1S/C18H16F3N5O2.2ClH/c1-24-17(23)26-16(27)12-8-9-10(18(19,20)21)6-7-14(15(9)25-12)28-13-5-3-2-4-11(13)22;;/h2-8,25H,22H2,1H3,(H3,23,24,26,27);2*1H. The van der Waals surface area contributed by atoms with Gasteiger partial charge in [-0.3, -0.25) is 4.79 Å². The van der Waals surface area contributed by atoms with Gasteiger partial charge in [-0.15, -0.1) is 24.8 Å². The van der Waals surface area contributed by atoms with E-state index in [2.05, 4.69) is 15.3 Å². The normalized spacial score (nSPS) is 11.4. The van der Waals surface area contributed by atoms with E-state index in [9.17, 15) is 18.0 Å². The van der Waals surface area contributed by atoms with Gasteiger partial charge in [-0.25, -0.2) is 0 Å². The van der Waals surface area contributed by atoms with E-state index in [4.69, 9.17) is 16.2 Å². The summed E-state index contributed by atoms with van der Waals surface area (Å²) < 4.78 is 45.9. The van der Waals surface area contributed by atoms with Crippen molar-refractivity contribution in [2.75, 3.05) is 12.8 Å². The lowest BCUT2D eigenvalue weighted by molar-refractivity contribution is -0.136. The van der Waals surface area contributed by atoms with Gasteiger partial charge < -0.3 is 26.5 Å². The molecule has 0 aliphatic rings. The largest absolute Gasteiger partial charge is 0.453 e. The summed E-state index contributed by atoms with van der Waals surface area (Å²) in [6.45, 7) is 0. The van der Waals surface area contributed by atoms with Crippen molar-refractivity contribution in [3.05, 3.63) is 53.7 Å². The number of halogens is 5. The van der Waals surface area contributed by atoms with Crippen LogP contribution in [-0.2, 0) is 6.18 Å². The molecule has 12 heteroatoms. The van der Waals surface area contributed by atoms with E-state index in [1.165, 1.54) is 7.05 Å². The fourth-order valence-electron chi connectivity index (χ4n) is 2.56. The van der Waals surface area contributed by atoms with Crippen molar-refractivity contribution in [3.8, 4) is 11.5 Å². The van der Waals surface area contributed by atoms with Gasteiger partial charge in [0.25, 0.3) is 5.91 Å². The smallest absolute Gasteiger partial charge is 0.417 e. The molecule has 0 aliphatic heterocycles. The lowest BCUT2D eigenvalue weighted by atomic mass is 10.1. The molecule has 0 spiro atoms. The number of fused-ring (bicyclic) bond motifs is 1. The number of aromatic amines is 1. The Hall–Kier alpha value is -3.11. The highest BCUT2D eigenvalue weighted by Gasteiger charge is 2.34. The zero-order valence-electron chi connectivity index (χ0n) is 15.4. The number of aromatic nitrogens is 1. The molecule has 2 aromatic carbocycles. The van der Waals surface area contributed by atoms with Crippen molar-refractivity contribution >= 4 is 53.3 Å². The van der Waals surface area contributed by atoms with Gasteiger partial charge in [0.05, 0.1) is 16.8 Å². The number of nitrogen functional groups attached to an aromatic ring is 1. The third-order valence-corrected chi connectivity index (χ3v) is 3.91. The third-order valence-electron chi connectivity index (χ3n) is 3.91. The van der Waals surface area contributed by atoms with Crippen molar-refractivity contribution < 1.29 is 22.7 Å². The predicted octanol–water partition coefficient (Wildman–Crippen LogP) is 4.08. The summed E-state index contributed by atoms with van der Waals surface area (Å²) in [5, 5.41) is 2.22. The Kier molecular flexibility index (Phi) is 7.97. The second-order valence-electron chi connectivity index (χ2n) is 5.77. The molecule has 0 aliphatic carbocycles. The maximum Gasteiger partial charge on any atom is 0.417 e. The zero-order chi connectivity index (χ0) is 20.5. The lowest BCUT2D eigenvalue weighted by Crippen LogP contribution is -2.28. The summed E-state index contributed by atoms with van der Waals surface area (Å²) in [5.74, 6) is -0.663. The third kappa shape index (κ3) is 5.08. The molecule has 1 heterocycles. The van der Waals surface area contributed by atoms with Gasteiger partial charge >= 0.3 is 6.18 Å². The molecule has 7 nitrogen and oxygen atoms in total. The molecular formula is C18H18Cl2F3N5O2. The molecule has 6 N–H and O–H groups in total. The number of hydrogen-bond acceptors (Lipinski definition) is 3. The number of guanidine groups is 1. The number of ether oxygens (including phenoxy) is 1. The number of alkyl halides is 3. The second kappa shape index (κ2) is 9.59.